The Bertz CT molecular complexity index is 1220. The van der Waals surface area contributed by atoms with Crippen LogP contribution >= 0.6 is 0 Å². The average Bonchev–Trinajstić information content (AvgIpc) is 3.09. The first kappa shape index (κ1) is 19.4. The van der Waals surface area contributed by atoms with Crippen LogP contribution in [0.4, 0.5) is 5.82 Å². The molecule has 0 radical (unpaired) electrons. The zero-order valence-electron chi connectivity index (χ0n) is 17.9. The summed E-state index contributed by atoms with van der Waals surface area (Å²) in [5.41, 5.74) is 6.17. The highest BCUT2D eigenvalue weighted by atomic mass is 16.5. The monoisotopic (exact) mass is 415 g/mol. The van der Waals surface area contributed by atoms with E-state index in [1.54, 1.807) is 6.07 Å². The maximum atomic E-state index is 13.1. The first-order chi connectivity index (χ1) is 15.0. The largest absolute Gasteiger partial charge is 0.504 e. The normalized spacial score (nSPS) is 17.8. The number of ether oxygens (including phenoxy) is 1. The zero-order chi connectivity index (χ0) is 21.7. The molecule has 2 aromatic carbocycles. The molecule has 1 aromatic heterocycles. The quantitative estimate of drug-likeness (QED) is 0.645. The second-order valence-corrected chi connectivity index (χ2v) is 8.22. The van der Waals surface area contributed by atoms with E-state index in [9.17, 15) is 9.90 Å². The van der Waals surface area contributed by atoms with Crippen molar-refractivity contribution >= 4 is 11.6 Å². The van der Waals surface area contributed by atoms with E-state index in [4.69, 9.17) is 9.84 Å². The summed E-state index contributed by atoms with van der Waals surface area (Å²) in [6, 6.07) is 13.6. The number of anilines is 1. The van der Waals surface area contributed by atoms with Crippen molar-refractivity contribution in [1.82, 2.24) is 9.78 Å². The number of aromatic nitrogens is 2. The molecule has 5 rings (SSSR count). The summed E-state index contributed by atoms with van der Waals surface area (Å²) in [6.07, 6.45) is 2.12. The van der Waals surface area contributed by atoms with Gasteiger partial charge in [-0.2, -0.15) is 5.10 Å². The first-order valence-electron chi connectivity index (χ1n) is 10.5. The number of nitrogens with zero attached hydrogens (tertiary/aromatic N) is 2. The van der Waals surface area contributed by atoms with Gasteiger partial charge in [0.1, 0.15) is 5.82 Å². The second kappa shape index (κ2) is 7.30. The van der Waals surface area contributed by atoms with Crippen LogP contribution in [0.25, 0.3) is 5.69 Å². The second-order valence-electron chi connectivity index (χ2n) is 8.22. The summed E-state index contributed by atoms with van der Waals surface area (Å²) >= 11 is 0. The Morgan fingerprint density at radius 3 is 2.65 bits per heavy atom. The van der Waals surface area contributed by atoms with Crippen molar-refractivity contribution in [3.63, 3.8) is 0 Å². The molecule has 2 aliphatic rings. The van der Waals surface area contributed by atoms with Crippen LogP contribution in [0.1, 0.15) is 47.6 Å². The van der Waals surface area contributed by atoms with Crippen molar-refractivity contribution in [2.24, 2.45) is 0 Å². The van der Waals surface area contributed by atoms with E-state index in [0.29, 0.717) is 17.7 Å². The Balaban J connectivity index is 1.77. The smallest absolute Gasteiger partial charge is 0.161 e. The molecule has 0 spiro atoms. The third-order valence-corrected chi connectivity index (χ3v) is 6.25. The molecule has 2 N–H and O–H groups in total. The van der Waals surface area contributed by atoms with E-state index >= 15 is 0 Å². The molecule has 0 bridgehead atoms. The summed E-state index contributed by atoms with van der Waals surface area (Å²) in [7, 11) is 1.53. The van der Waals surface area contributed by atoms with Gasteiger partial charge in [-0.3, -0.25) is 4.79 Å². The Morgan fingerprint density at radius 2 is 1.90 bits per heavy atom. The molecule has 0 saturated carbocycles. The van der Waals surface area contributed by atoms with E-state index in [1.165, 1.54) is 12.7 Å². The highest BCUT2D eigenvalue weighted by molar-refractivity contribution is 6.01. The van der Waals surface area contributed by atoms with Crippen LogP contribution in [-0.2, 0) is 4.79 Å². The van der Waals surface area contributed by atoms with Crippen LogP contribution in [0, 0.1) is 13.8 Å². The zero-order valence-corrected chi connectivity index (χ0v) is 17.9. The number of aromatic hydroxyl groups is 1. The van der Waals surface area contributed by atoms with E-state index in [0.717, 1.165) is 46.9 Å². The summed E-state index contributed by atoms with van der Waals surface area (Å²) in [4.78, 5) is 13.1. The fourth-order valence-electron chi connectivity index (χ4n) is 4.74. The predicted molar refractivity (Wildman–Crippen MR) is 119 cm³/mol. The lowest BCUT2D eigenvalue weighted by atomic mass is 9.75. The van der Waals surface area contributed by atoms with Gasteiger partial charge in [0.05, 0.1) is 18.5 Å². The SMILES string of the molecule is COc1cccc([C@@H]2C3=C(CCCC3=O)Nc3c2c(C)nn3-c2ccc(C)cc2)c1O. The molecule has 158 valence electrons. The van der Waals surface area contributed by atoms with Gasteiger partial charge in [-0.15, -0.1) is 0 Å². The van der Waals surface area contributed by atoms with Crippen LogP contribution in [0.5, 0.6) is 11.5 Å². The molecule has 3 aromatic rings. The van der Waals surface area contributed by atoms with E-state index in [1.807, 2.05) is 35.9 Å². The third kappa shape index (κ3) is 3.02. The number of hydrogen-bond donors (Lipinski definition) is 2. The lowest BCUT2D eigenvalue weighted by Crippen LogP contribution is -2.27. The van der Waals surface area contributed by atoms with Crippen molar-refractivity contribution in [1.29, 1.82) is 0 Å². The molecule has 6 nitrogen and oxygen atoms in total. The average molecular weight is 415 g/mol. The molecule has 31 heavy (non-hydrogen) atoms. The number of hydrogen-bond acceptors (Lipinski definition) is 5. The minimum atomic E-state index is -0.395. The van der Waals surface area contributed by atoms with Crippen LogP contribution in [0.15, 0.2) is 53.7 Å². The molecule has 1 aliphatic carbocycles. The third-order valence-electron chi connectivity index (χ3n) is 6.25. The maximum Gasteiger partial charge on any atom is 0.161 e. The Hall–Kier alpha value is -3.54. The molecule has 1 atom stereocenters. The van der Waals surface area contributed by atoms with E-state index in [-0.39, 0.29) is 11.5 Å². The van der Waals surface area contributed by atoms with Crippen molar-refractivity contribution in [3.8, 4) is 17.2 Å². The number of benzene rings is 2. The number of aryl methyl sites for hydroxylation is 2. The number of methoxy groups -OCH3 is 1. The standard InChI is InChI=1S/C25H25N3O3/c1-14-10-12-16(13-11-14)28-25-21(15(2)27-28)22(17-6-4-9-20(31-3)24(17)30)23-18(26-25)7-5-8-19(23)29/h4,6,9-13,22,26,30H,5,7-8H2,1-3H3/t22-/m0/s1. The number of phenols is 1. The lowest BCUT2D eigenvalue weighted by molar-refractivity contribution is -0.116. The molecule has 0 fully saturated rings. The van der Waals surface area contributed by atoms with Crippen molar-refractivity contribution < 1.29 is 14.6 Å². The van der Waals surface area contributed by atoms with Gasteiger partial charge in [-0.05, 0) is 44.9 Å². The van der Waals surface area contributed by atoms with Crippen molar-refractivity contribution in [2.75, 3.05) is 12.4 Å². The van der Waals surface area contributed by atoms with Gasteiger partial charge in [0.2, 0.25) is 0 Å². The maximum absolute atomic E-state index is 13.1. The molecule has 0 unspecified atom stereocenters. The number of allylic oxidation sites excluding steroid dienone is 2. The molecule has 0 saturated heterocycles. The number of phenolic OH excluding ortho intramolecular Hbond substituents is 1. The van der Waals surface area contributed by atoms with Gasteiger partial charge in [0.15, 0.2) is 17.3 Å². The van der Waals surface area contributed by atoms with Gasteiger partial charge in [-0.1, -0.05) is 29.8 Å². The van der Waals surface area contributed by atoms with Crippen molar-refractivity contribution in [3.05, 3.63) is 76.1 Å². The highest BCUT2D eigenvalue weighted by Gasteiger charge is 2.40. The molecular formula is C25H25N3O3. The predicted octanol–water partition coefficient (Wildman–Crippen LogP) is 4.77. The Labute approximate surface area is 181 Å². The first-order valence-corrected chi connectivity index (χ1v) is 10.5. The van der Waals surface area contributed by atoms with Gasteiger partial charge in [0, 0.05) is 34.7 Å². The van der Waals surface area contributed by atoms with Crippen LogP contribution in [0.2, 0.25) is 0 Å². The van der Waals surface area contributed by atoms with Crippen molar-refractivity contribution in [2.45, 2.75) is 39.0 Å². The fourth-order valence-corrected chi connectivity index (χ4v) is 4.74. The number of nitrogens with one attached hydrogen (secondary N) is 1. The van der Waals surface area contributed by atoms with Crippen LogP contribution in [0.3, 0.4) is 0 Å². The number of carbonyl (C=O) groups is 1. The van der Waals surface area contributed by atoms with E-state index in [2.05, 4.69) is 24.4 Å². The van der Waals surface area contributed by atoms with E-state index < -0.39 is 5.92 Å². The molecule has 2 heterocycles. The molecular weight excluding hydrogens is 390 g/mol. The van der Waals surface area contributed by atoms with Crippen LogP contribution < -0.4 is 10.1 Å². The lowest BCUT2D eigenvalue weighted by Gasteiger charge is -2.33. The van der Waals surface area contributed by atoms with Gasteiger partial charge < -0.3 is 15.2 Å². The molecule has 0 amide bonds. The topological polar surface area (TPSA) is 76.4 Å². The number of ketones is 1. The number of para-hydroxylation sites is 1. The van der Waals surface area contributed by atoms with Crippen LogP contribution in [-0.4, -0.2) is 27.8 Å². The number of fused-ring (bicyclic) bond motifs is 1. The Morgan fingerprint density at radius 1 is 1.13 bits per heavy atom. The highest BCUT2D eigenvalue weighted by Crippen LogP contribution is 2.50. The summed E-state index contributed by atoms with van der Waals surface area (Å²) in [5, 5.41) is 19.3. The minimum absolute atomic E-state index is 0.0653. The number of Topliss-reactive ketones (excluding diaryl/α,β-unsaturated/α-hetero) is 1. The minimum Gasteiger partial charge on any atom is -0.504 e. The summed E-state index contributed by atoms with van der Waals surface area (Å²) in [6.45, 7) is 4.01. The number of carbonyl (C=O) groups excluding carboxylic acids is 1. The summed E-state index contributed by atoms with van der Waals surface area (Å²) < 4.78 is 7.26. The fraction of sp³-hybridized carbons (Fsp3) is 0.280. The summed E-state index contributed by atoms with van der Waals surface area (Å²) in [5.74, 6) is 1.03. The van der Waals surface area contributed by atoms with Gasteiger partial charge in [-0.25, -0.2) is 4.68 Å². The Kier molecular flexibility index (Phi) is 4.58. The molecule has 1 aliphatic heterocycles. The van der Waals surface area contributed by atoms with Gasteiger partial charge >= 0.3 is 0 Å². The van der Waals surface area contributed by atoms with Gasteiger partial charge in [0.25, 0.3) is 0 Å². The number of rotatable bonds is 3. The molecule has 6 heteroatoms.